The van der Waals surface area contributed by atoms with Crippen LogP contribution >= 0.6 is 11.6 Å². The van der Waals surface area contributed by atoms with Gasteiger partial charge in [-0.05, 0) is 7.05 Å². The molecule has 0 bridgehead atoms. The second kappa shape index (κ2) is 6.51. The summed E-state index contributed by atoms with van der Waals surface area (Å²) in [5.74, 6) is -0.00991. The van der Waals surface area contributed by atoms with Gasteiger partial charge in [0.05, 0.1) is 18.1 Å². The van der Waals surface area contributed by atoms with Crippen LogP contribution in [0, 0.1) is 5.92 Å². The summed E-state index contributed by atoms with van der Waals surface area (Å²) >= 11 is 5.65. The maximum absolute atomic E-state index is 11.4. The van der Waals surface area contributed by atoms with Gasteiger partial charge in [-0.25, -0.2) is 4.98 Å². The average Bonchev–Trinajstić information content (AvgIpc) is 2.30. The molecule has 0 radical (unpaired) electrons. The van der Waals surface area contributed by atoms with E-state index in [9.17, 15) is 4.79 Å². The maximum Gasteiger partial charge on any atom is 0.223 e. The highest BCUT2D eigenvalue weighted by Gasteiger charge is 2.13. The van der Waals surface area contributed by atoms with Crippen LogP contribution in [0.2, 0.25) is 5.15 Å². The molecule has 1 unspecified atom stereocenters. The molecule has 1 heterocycles. The van der Waals surface area contributed by atoms with Crippen molar-refractivity contribution in [2.75, 3.05) is 20.6 Å². The van der Waals surface area contributed by atoms with Crippen LogP contribution in [0.1, 0.15) is 12.6 Å². The molecule has 0 aliphatic heterocycles. The van der Waals surface area contributed by atoms with E-state index in [0.717, 1.165) is 5.69 Å². The van der Waals surface area contributed by atoms with Crippen LogP contribution in [-0.2, 0) is 11.3 Å². The maximum atomic E-state index is 11.4. The number of hydrogen-bond donors (Lipinski definition) is 1. The van der Waals surface area contributed by atoms with Gasteiger partial charge in [-0.3, -0.25) is 14.7 Å². The summed E-state index contributed by atoms with van der Waals surface area (Å²) in [6.45, 7) is 3.21. The van der Waals surface area contributed by atoms with Crippen molar-refractivity contribution in [1.82, 2.24) is 20.2 Å². The van der Waals surface area contributed by atoms with Gasteiger partial charge in [0, 0.05) is 26.1 Å². The normalized spacial score (nSPS) is 12.5. The molecule has 94 valence electrons. The average molecular weight is 257 g/mol. The Morgan fingerprint density at radius 1 is 1.53 bits per heavy atom. The van der Waals surface area contributed by atoms with E-state index < -0.39 is 0 Å². The molecule has 1 rings (SSSR count). The molecular formula is C11H17ClN4O. The number of halogens is 1. The SMILES string of the molecule is CNC(=O)C(C)CN(C)Cc1cnc(Cl)cn1. The Bertz CT molecular complexity index is 368. The number of carbonyl (C=O) groups is 1. The number of hydrogen-bond acceptors (Lipinski definition) is 4. The Balaban J connectivity index is 2.46. The Morgan fingerprint density at radius 2 is 2.24 bits per heavy atom. The topological polar surface area (TPSA) is 58.1 Å². The van der Waals surface area contributed by atoms with E-state index in [0.29, 0.717) is 18.2 Å². The van der Waals surface area contributed by atoms with Crippen molar-refractivity contribution in [3.63, 3.8) is 0 Å². The number of carbonyl (C=O) groups excluding carboxylic acids is 1. The van der Waals surface area contributed by atoms with Gasteiger partial charge in [-0.1, -0.05) is 18.5 Å². The molecule has 1 amide bonds. The molecule has 1 atom stereocenters. The lowest BCUT2D eigenvalue weighted by Crippen LogP contribution is -2.34. The van der Waals surface area contributed by atoms with E-state index in [1.807, 2.05) is 18.9 Å². The zero-order valence-corrected chi connectivity index (χ0v) is 11.0. The Hall–Kier alpha value is -1.20. The van der Waals surface area contributed by atoms with E-state index in [-0.39, 0.29) is 11.8 Å². The number of rotatable bonds is 5. The van der Waals surface area contributed by atoms with Crippen molar-refractivity contribution >= 4 is 17.5 Å². The van der Waals surface area contributed by atoms with Crippen LogP contribution in [0.4, 0.5) is 0 Å². The van der Waals surface area contributed by atoms with Gasteiger partial charge in [0.1, 0.15) is 5.15 Å². The van der Waals surface area contributed by atoms with Gasteiger partial charge < -0.3 is 5.32 Å². The van der Waals surface area contributed by atoms with Crippen LogP contribution in [-0.4, -0.2) is 41.4 Å². The summed E-state index contributed by atoms with van der Waals surface area (Å²) in [4.78, 5) is 21.5. The van der Waals surface area contributed by atoms with E-state index in [1.165, 1.54) is 6.20 Å². The molecule has 1 aromatic heterocycles. The molecule has 0 spiro atoms. The van der Waals surface area contributed by atoms with E-state index in [2.05, 4.69) is 15.3 Å². The molecule has 0 aliphatic rings. The number of nitrogens with zero attached hydrogens (tertiary/aromatic N) is 3. The van der Waals surface area contributed by atoms with Crippen molar-refractivity contribution in [3.05, 3.63) is 23.2 Å². The van der Waals surface area contributed by atoms with Crippen molar-refractivity contribution in [2.45, 2.75) is 13.5 Å². The summed E-state index contributed by atoms with van der Waals surface area (Å²) in [6, 6.07) is 0. The van der Waals surface area contributed by atoms with Crippen LogP contribution in [0.25, 0.3) is 0 Å². The predicted molar refractivity (Wildman–Crippen MR) is 66.6 cm³/mol. The summed E-state index contributed by atoms with van der Waals surface area (Å²) in [6.07, 6.45) is 3.16. The van der Waals surface area contributed by atoms with Crippen LogP contribution < -0.4 is 5.32 Å². The van der Waals surface area contributed by atoms with Gasteiger partial charge >= 0.3 is 0 Å². The lowest BCUT2D eigenvalue weighted by Gasteiger charge is -2.19. The van der Waals surface area contributed by atoms with E-state index in [4.69, 9.17) is 11.6 Å². The molecule has 0 saturated heterocycles. The second-order valence-electron chi connectivity index (χ2n) is 4.04. The Labute approximate surface area is 106 Å². The molecule has 0 saturated carbocycles. The molecule has 0 aromatic carbocycles. The number of aromatic nitrogens is 2. The fraction of sp³-hybridized carbons (Fsp3) is 0.545. The van der Waals surface area contributed by atoms with Gasteiger partial charge in [-0.2, -0.15) is 0 Å². The van der Waals surface area contributed by atoms with Gasteiger partial charge in [-0.15, -0.1) is 0 Å². The number of nitrogens with one attached hydrogen (secondary N) is 1. The highest BCUT2D eigenvalue weighted by molar-refractivity contribution is 6.29. The molecule has 0 aliphatic carbocycles. The molecule has 6 heteroatoms. The third-order valence-corrected chi connectivity index (χ3v) is 2.58. The Morgan fingerprint density at radius 3 is 2.76 bits per heavy atom. The number of amides is 1. The minimum absolute atomic E-state index is 0.0408. The lowest BCUT2D eigenvalue weighted by molar-refractivity contribution is -0.124. The van der Waals surface area contributed by atoms with E-state index >= 15 is 0 Å². The monoisotopic (exact) mass is 256 g/mol. The second-order valence-corrected chi connectivity index (χ2v) is 4.43. The minimum Gasteiger partial charge on any atom is -0.359 e. The highest BCUT2D eigenvalue weighted by Crippen LogP contribution is 2.05. The molecule has 1 N–H and O–H groups in total. The van der Waals surface area contributed by atoms with Gasteiger partial charge in [0.2, 0.25) is 5.91 Å². The van der Waals surface area contributed by atoms with Crippen LogP contribution in [0.5, 0.6) is 0 Å². The van der Waals surface area contributed by atoms with Crippen LogP contribution in [0.15, 0.2) is 12.4 Å². The third kappa shape index (κ3) is 4.66. The Kier molecular flexibility index (Phi) is 5.31. The van der Waals surface area contributed by atoms with Gasteiger partial charge in [0.15, 0.2) is 0 Å². The molecule has 17 heavy (non-hydrogen) atoms. The molecule has 1 aromatic rings. The quantitative estimate of drug-likeness (QED) is 0.852. The predicted octanol–water partition coefficient (Wildman–Crippen LogP) is 0.944. The summed E-state index contributed by atoms with van der Waals surface area (Å²) < 4.78 is 0. The van der Waals surface area contributed by atoms with Crippen LogP contribution in [0.3, 0.4) is 0 Å². The largest absolute Gasteiger partial charge is 0.359 e. The molecule has 0 fully saturated rings. The molecular weight excluding hydrogens is 240 g/mol. The summed E-state index contributed by atoms with van der Waals surface area (Å²) in [5, 5.41) is 3.01. The smallest absolute Gasteiger partial charge is 0.223 e. The fourth-order valence-electron chi connectivity index (χ4n) is 1.56. The van der Waals surface area contributed by atoms with Gasteiger partial charge in [0.25, 0.3) is 0 Å². The first-order chi connectivity index (χ1) is 8.02. The zero-order valence-electron chi connectivity index (χ0n) is 10.3. The summed E-state index contributed by atoms with van der Waals surface area (Å²) in [7, 11) is 3.58. The van der Waals surface area contributed by atoms with Crippen molar-refractivity contribution in [2.24, 2.45) is 5.92 Å². The van der Waals surface area contributed by atoms with E-state index in [1.54, 1.807) is 13.2 Å². The first-order valence-corrected chi connectivity index (χ1v) is 5.77. The standard InChI is InChI=1S/C11H17ClN4O/c1-8(11(17)13-2)6-16(3)7-9-4-15-10(12)5-14-9/h4-5,8H,6-7H2,1-3H3,(H,13,17). The summed E-state index contributed by atoms with van der Waals surface area (Å²) in [5.41, 5.74) is 0.834. The first kappa shape index (κ1) is 13.9. The zero-order chi connectivity index (χ0) is 12.8. The lowest BCUT2D eigenvalue weighted by atomic mass is 10.1. The third-order valence-electron chi connectivity index (χ3n) is 2.39. The van der Waals surface area contributed by atoms with Crippen molar-refractivity contribution < 1.29 is 4.79 Å². The first-order valence-electron chi connectivity index (χ1n) is 5.39. The van der Waals surface area contributed by atoms with Crippen molar-refractivity contribution in [1.29, 1.82) is 0 Å². The van der Waals surface area contributed by atoms with Crippen molar-refractivity contribution in [3.8, 4) is 0 Å². The minimum atomic E-state index is -0.0507. The molecule has 5 nitrogen and oxygen atoms in total. The highest BCUT2D eigenvalue weighted by atomic mass is 35.5. The fourth-order valence-corrected chi connectivity index (χ4v) is 1.66.